The van der Waals surface area contributed by atoms with Gasteiger partial charge < -0.3 is 9.30 Å². The first-order chi connectivity index (χ1) is 14.1. The zero-order valence-corrected chi connectivity index (χ0v) is 21.0. The maximum absolute atomic E-state index is 5.33. The second-order valence-electron chi connectivity index (χ2n) is 10.0. The predicted molar refractivity (Wildman–Crippen MR) is 132 cm³/mol. The lowest BCUT2D eigenvalue weighted by atomic mass is 9.78. The molecule has 0 spiro atoms. The molecule has 31 heavy (non-hydrogen) atoms. The summed E-state index contributed by atoms with van der Waals surface area (Å²) in [5, 5.41) is 2.26. The highest BCUT2D eigenvalue weighted by molar-refractivity contribution is 6.07. The maximum Gasteiger partial charge on any atom is 0.134 e. The van der Waals surface area contributed by atoms with Crippen molar-refractivity contribution in [2.75, 3.05) is 18.7 Å². The van der Waals surface area contributed by atoms with E-state index in [4.69, 9.17) is 9.73 Å². The summed E-state index contributed by atoms with van der Waals surface area (Å²) in [6.07, 6.45) is 3.19. The fourth-order valence-corrected chi connectivity index (χ4v) is 5.37. The average molecular weight is 445 g/mol. The number of hydrogen-bond donors (Lipinski definition) is 1. The van der Waals surface area contributed by atoms with Crippen LogP contribution in [0.5, 0.6) is 0 Å². The van der Waals surface area contributed by atoms with Crippen LogP contribution < -0.4 is 10.4 Å². The van der Waals surface area contributed by atoms with Crippen molar-refractivity contribution in [3.63, 3.8) is 0 Å². The van der Waals surface area contributed by atoms with E-state index in [-0.39, 0.29) is 29.4 Å². The second kappa shape index (κ2) is 8.27. The molecule has 1 unspecified atom stereocenters. The van der Waals surface area contributed by atoms with Crippen molar-refractivity contribution in [1.82, 2.24) is 9.99 Å². The summed E-state index contributed by atoms with van der Waals surface area (Å²) in [6.45, 7) is 17.4. The number of aromatic nitrogens is 1. The standard InChI is InChI=1S/C25H36N4O.ClH/c1-16-14-17(2)20(18(3)15-16)21-22-26-24(4,5)19-10-12-28(11-9-13-30-8)23(19)29(22)27-25(21,6)7;/h10,12,14-15,21,27H,9,11,13H2,1-8H3;1H. The van der Waals surface area contributed by atoms with Gasteiger partial charge in [0, 0.05) is 37.6 Å². The van der Waals surface area contributed by atoms with E-state index >= 15 is 0 Å². The Kier molecular flexibility index (Phi) is 6.36. The molecular formula is C25H37ClN4O. The van der Waals surface area contributed by atoms with Gasteiger partial charge in [0.2, 0.25) is 0 Å². The van der Waals surface area contributed by atoms with E-state index in [9.17, 15) is 0 Å². The molecular weight excluding hydrogens is 408 g/mol. The SMILES string of the molecule is COCCCn1ccc2c1N1NC(C)(C)C(c3c(C)cc(C)cc3C)C1=NC2(C)C.Cl. The summed E-state index contributed by atoms with van der Waals surface area (Å²) in [5.74, 6) is 2.53. The third kappa shape index (κ3) is 3.92. The molecule has 1 aromatic heterocycles. The highest BCUT2D eigenvalue weighted by Gasteiger charge is 2.51. The van der Waals surface area contributed by atoms with E-state index in [2.05, 4.69) is 87.9 Å². The van der Waals surface area contributed by atoms with Crippen LogP contribution in [-0.4, -0.2) is 29.7 Å². The van der Waals surface area contributed by atoms with Crippen LogP contribution in [0.3, 0.4) is 0 Å². The number of nitrogens with one attached hydrogen (secondary N) is 1. The topological polar surface area (TPSA) is 41.8 Å². The zero-order chi connectivity index (χ0) is 21.8. The fourth-order valence-electron chi connectivity index (χ4n) is 5.37. The number of rotatable bonds is 5. The Morgan fingerprint density at radius 2 is 1.74 bits per heavy atom. The fraction of sp³-hybridized carbons (Fsp3) is 0.560. The monoisotopic (exact) mass is 444 g/mol. The van der Waals surface area contributed by atoms with Gasteiger partial charge in [-0.1, -0.05) is 17.7 Å². The second-order valence-corrected chi connectivity index (χ2v) is 10.0. The Balaban J connectivity index is 0.00000272. The average Bonchev–Trinajstić information content (AvgIpc) is 3.15. The summed E-state index contributed by atoms with van der Waals surface area (Å²) in [7, 11) is 1.76. The van der Waals surface area contributed by atoms with Gasteiger partial charge in [0.25, 0.3) is 0 Å². The summed E-state index contributed by atoms with van der Waals surface area (Å²) in [5.41, 5.74) is 10.1. The van der Waals surface area contributed by atoms with Gasteiger partial charge in [-0.05, 0) is 77.6 Å². The van der Waals surface area contributed by atoms with Crippen LogP contribution in [-0.2, 0) is 16.8 Å². The van der Waals surface area contributed by atoms with Crippen molar-refractivity contribution >= 4 is 24.1 Å². The zero-order valence-electron chi connectivity index (χ0n) is 20.2. The number of hydrogen-bond acceptors (Lipinski definition) is 4. The van der Waals surface area contributed by atoms with Gasteiger partial charge in [-0.25, -0.2) is 10.4 Å². The van der Waals surface area contributed by atoms with Crippen molar-refractivity contribution in [2.45, 2.75) is 78.4 Å². The summed E-state index contributed by atoms with van der Waals surface area (Å²) >= 11 is 0. The number of benzene rings is 1. The van der Waals surface area contributed by atoms with Crippen LogP contribution in [0.15, 0.2) is 29.4 Å². The van der Waals surface area contributed by atoms with Crippen molar-refractivity contribution in [3.05, 3.63) is 52.2 Å². The van der Waals surface area contributed by atoms with Gasteiger partial charge >= 0.3 is 0 Å². The van der Waals surface area contributed by atoms with Crippen molar-refractivity contribution in [3.8, 4) is 0 Å². The smallest absolute Gasteiger partial charge is 0.134 e. The molecule has 6 heteroatoms. The molecule has 1 atom stereocenters. The van der Waals surface area contributed by atoms with Crippen LogP contribution in [0.1, 0.15) is 67.9 Å². The number of hydrazine groups is 1. The number of amidine groups is 1. The van der Waals surface area contributed by atoms with Gasteiger partial charge in [0.05, 0.1) is 11.5 Å². The van der Waals surface area contributed by atoms with Gasteiger partial charge in [-0.15, -0.1) is 12.4 Å². The first-order valence-corrected chi connectivity index (χ1v) is 11.0. The van der Waals surface area contributed by atoms with Gasteiger partial charge in [0.1, 0.15) is 11.7 Å². The molecule has 1 N–H and O–H groups in total. The van der Waals surface area contributed by atoms with Crippen LogP contribution in [0.4, 0.5) is 5.82 Å². The minimum absolute atomic E-state index is 0. The van der Waals surface area contributed by atoms with Crippen LogP contribution >= 0.6 is 12.4 Å². The van der Waals surface area contributed by atoms with E-state index in [1.165, 1.54) is 33.6 Å². The third-order valence-corrected chi connectivity index (χ3v) is 6.58. The summed E-state index contributed by atoms with van der Waals surface area (Å²) in [4.78, 5) is 5.33. The number of halogens is 1. The molecule has 1 aromatic carbocycles. The number of aliphatic imine (C=N–C) groups is 1. The highest BCUT2D eigenvalue weighted by Crippen LogP contribution is 2.47. The Morgan fingerprint density at radius 1 is 1.10 bits per heavy atom. The third-order valence-electron chi connectivity index (χ3n) is 6.58. The Labute approximate surface area is 193 Å². The molecule has 2 aliphatic heterocycles. The number of ether oxygens (including phenoxy) is 1. The van der Waals surface area contributed by atoms with Crippen LogP contribution in [0.2, 0.25) is 0 Å². The van der Waals surface area contributed by atoms with Crippen molar-refractivity contribution in [2.24, 2.45) is 4.99 Å². The number of anilines is 1. The molecule has 3 heterocycles. The van der Waals surface area contributed by atoms with Crippen LogP contribution in [0, 0.1) is 20.8 Å². The Hall–Kier alpha value is -1.82. The molecule has 1 saturated heterocycles. The molecule has 0 bridgehead atoms. The lowest BCUT2D eigenvalue weighted by Crippen LogP contribution is -2.46. The summed E-state index contributed by atoms with van der Waals surface area (Å²) < 4.78 is 7.64. The van der Waals surface area contributed by atoms with Gasteiger partial charge in [-0.2, -0.15) is 0 Å². The first-order valence-electron chi connectivity index (χ1n) is 11.0. The van der Waals surface area contributed by atoms with Crippen LogP contribution in [0.25, 0.3) is 0 Å². The minimum atomic E-state index is -0.263. The van der Waals surface area contributed by atoms with E-state index < -0.39 is 0 Å². The molecule has 1 fully saturated rings. The molecule has 170 valence electrons. The predicted octanol–water partition coefficient (Wildman–Crippen LogP) is 5.41. The maximum atomic E-state index is 5.33. The molecule has 0 aliphatic carbocycles. The van der Waals surface area contributed by atoms with Crippen molar-refractivity contribution in [1.29, 1.82) is 0 Å². The van der Waals surface area contributed by atoms with E-state index in [0.29, 0.717) is 0 Å². The minimum Gasteiger partial charge on any atom is -0.385 e. The Bertz CT molecular complexity index is 982. The van der Waals surface area contributed by atoms with E-state index in [1.807, 2.05) is 0 Å². The van der Waals surface area contributed by atoms with Crippen molar-refractivity contribution < 1.29 is 4.74 Å². The highest BCUT2D eigenvalue weighted by atomic mass is 35.5. The lowest BCUT2D eigenvalue weighted by molar-refractivity contribution is 0.190. The quantitative estimate of drug-likeness (QED) is 0.627. The summed E-state index contributed by atoms with van der Waals surface area (Å²) in [6, 6.07) is 6.83. The molecule has 0 radical (unpaired) electrons. The molecule has 2 aromatic rings. The largest absolute Gasteiger partial charge is 0.385 e. The number of aryl methyl sites for hydroxylation is 4. The van der Waals surface area contributed by atoms with E-state index in [0.717, 1.165) is 25.4 Å². The normalized spacial score (nSPS) is 20.7. The lowest BCUT2D eigenvalue weighted by Gasteiger charge is -2.35. The first kappa shape index (κ1) is 23.8. The number of nitrogens with zero attached hydrogens (tertiary/aromatic N) is 3. The van der Waals surface area contributed by atoms with Gasteiger partial charge in [0.15, 0.2) is 0 Å². The molecule has 5 nitrogen and oxygen atoms in total. The number of methoxy groups -OCH3 is 1. The van der Waals surface area contributed by atoms with Gasteiger partial charge in [-0.3, -0.25) is 4.99 Å². The number of fused-ring (bicyclic) bond motifs is 3. The molecule has 4 rings (SSSR count). The van der Waals surface area contributed by atoms with E-state index in [1.54, 1.807) is 7.11 Å². The molecule has 0 saturated carbocycles. The Morgan fingerprint density at radius 3 is 2.35 bits per heavy atom. The molecule has 0 amide bonds. The molecule has 2 aliphatic rings.